The monoisotopic (exact) mass is 344 g/mol. The van der Waals surface area contributed by atoms with Crippen LogP contribution in [0, 0.1) is 6.92 Å². The number of urea groups is 1. The SMILES string of the molecule is Cc1ccc2nc(COC(=O)CN3C(=O)CN(C)C3=O)cc(=O)n2c1. The summed E-state index contributed by atoms with van der Waals surface area (Å²) in [5.74, 6) is -1.20. The molecular formula is C16H16N4O5. The highest BCUT2D eigenvalue weighted by Gasteiger charge is 2.35. The number of amides is 3. The number of imide groups is 1. The van der Waals surface area contributed by atoms with Crippen molar-refractivity contribution in [3.8, 4) is 0 Å². The Bertz CT molecular complexity index is 936. The number of carbonyl (C=O) groups excluding carboxylic acids is 3. The van der Waals surface area contributed by atoms with E-state index in [-0.39, 0.29) is 18.7 Å². The van der Waals surface area contributed by atoms with Crippen molar-refractivity contribution in [2.45, 2.75) is 13.5 Å². The summed E-state index contributed by atoms with van der Waals surface area (Å²) in [6.07, 6.45) is 1.67. The van der Waals surface area contributed by atoms with Gasteiger partial charge in [0, 0.05) is 19.3 Å². The summed E-state index contributed by atoms with van der Waals surface area (Å²) in [5.41, 5.74) is 1.36. The number of hydrogen-bond donors (Lipinski definition) is 0. The van der Waals surface area contributed by atoms with Gasteiger partial charge in [-0.1, -0.05) is 6.07 Å². The Morgan fingerprint density at radius 2 is 2.04 bits per heavy atom. The maximum absolute atomic E-state index is 12.1. The van der Waals surface area contributed by atoms with Gasteiger partial charge in [0.1, 0.15) is 25.3 Å². The van der Waals surface area contributed by atoms with Gasteiger partial charge < -0.3 is 9.64 Å². The van der Waals surface area contributed by atoms with Crippen LogP contribution >= 0.6 is 0 Å². The number of ether oxygens (including phenoxy) is 1. The topological polar surface area (TPSA) is 101 Å². The first-order chi connectivity index (χ1) is 11.8. The third-order valence-corrected chi connectivity index (χ3v) is 3.76. The molecule has 0 saturated carbocycles. The second-order valence-corrected chi connectivity index (χ2v) is 5.80. The first kappa shape index (κ1) is 16.6. The summed E-state index contributed by atoms with van der Waals surface area (Å²) in [6.45, 7) is 1.12. The van der Waals surface area contributed by atoms with Gasteiger partial charge in [0.2, 0.25) is 0 Å². The molecule has 1 saturated heterocycles. The Balaban J connectivity index is 1.67. The molecular weight excluding hydrogens is 328 g/mol. The van der Waals surface area contributed by atoms with Crippen LogP contribution in [-0.2, 0) is 20.9 Å². The molecule has 2 aromatic heterocycles. The Morgan fingerprint density at radius 3 is 2.72 bits per heavy atom. The second-order valence-electron chi connectivity index (χ2n) is 5.80. The van der Waals surface area contributed by atoms with Crippen molar-refractivity contribution < 1.29 is 19.1 Å². The molecule has 0 aliphatic carbocycles. The highest BCUT2D eigenvalue weighted by molar-refractivity contribution is 6.03. The minimum absolute atomic E-state index is 0.0610. The molecule has 3 amide bonds. The molecule has 9 nitrogen and oxygen atoms in total. The molecule has 1 aliphatic rings. The standard InChI is InChI=1S/C16H16N4O5/c1-10-3-4-12-17-11(5-13(21)19(12)6-10)9-25-15(23)8-20-14(22)7-18(2)16(20)24/h3-6H,7-9H2,1-2H3. The third kappa shape index (κ3) is 3.35. The molecule has 0 atom stereocenters. The molecule has 0 aromatic carbocycles. The van der Waals surface area contributed by atoms with E-state index in [9.17, 15) is 19.2 Å². The zero-order chi connectivity index (χ0) is 18.1. The van der Waals surface area contributed by atoms with E-state index in [4.69, 9.17) is 4.74 Å². The van der Waals surface area contributed by atoms with Crippen molar-refractivity contribution in [1.29, 1.82) is 0 Å². The number of likely N-dealkylation sites (N-methyl/N-ethyl adjacent to an activating group) is 1. The number of pyridine rings is 1. The number of aromatic nitrogens is 2. The minimum Gasteiger partial charge on any atom is -0.458 e. The molecule has 1 aliphatic heterocycles. The smallest absolute Gasteiger partial charge is 0.327 e. The molecule has 0 unspecified atom stereocenters. The average Bonchev–Trinajstić information content (AvgIpc) is 2.80. The number of fused-ring (bicyclic) bond motifs is 1. The summed E-state index contributed by atoms with van der Waals surface area (Å²) in [7, 11) is 1.47. The van der Waals surface area contributed by atoms with Gasteiger partial charge in [-0.05, 0) is 18.6 Å². The van der Waals surface area contributed by atoms with Crippen LogP contribution in [0.25, 0.3) is 5.65 Å². The Labute approximate surface area is 142 Å². The average molecular weight is 344 g/mol. The quantitative estimate of drug-likeness (QED) is 0.569. The lowest BCUT2D eigenvalue weighted by atomic mass is 10.3. The molecule has 0 N–H and O–H groups in total. The molecule has 0 spiro atoms. The minimum atomic E-state index is -0.747. The Kier molecular flexibility index (Phi) is 4.22. The zero-order valence-corrected chi connectivity index (χ0v) is 13.8. The van der Waals surface area contributed by atoms with Gasteiger partial charge in [-0.25, -0.2) is 9.78 Å². The normalized spacial score (nSPS) is 14.5. The van der Waals surface area contributed by atoms with Gasteiger partial charge in [0.25, 0.3) is 11.5 Å². The van der Waals surface area contributed by atoms with Gasteiger partial charge in [0.05, 0.1) is 5.69 Å². The number of aryl methyl sites for hydroxylation is 1. The van der Waals surface area contributed by atoms with Crippen LogP contribution in [0.3, 0.4) is 0 Å². The maximum Gasteiger partial charge on any atom is 0.327 e. The largest absolute Gasteiger partial charge is 0.458 e. The molecule has 0 bridgehead atoms. The van der Waals surface area contributed by atoms with Crippen LogP contribution in [-0.4, -0.2) is 57.2 Å². The number of carbonyl (C=O) groups is 3. The lowest BCUT2D eigenvalue weighted by Gasteiger charge is -2.13. The van der Waals surface area contributed by atoms with Crippen LogP contribution < -0.4 is 5.56 Å². The van der Waals surface area contributed by atoms with E-state index in [0.717, 1.165) is 10.5 Å². The van der Waals surface area contributed by atoms with E-state index in [2.05, 4.69) is 4.98 Å². The third-order valence-electron chi connectivity index (χ3n) is 3.76. The summed E-state index contributed by atoms with van der Waals surface area (Å²) in [6, 6.07) is 4.25. The highest BCUT2D eigenvalue weighted by atomic mass is 16.5. The number of esters is 1. The van der Waals surface area contributed by atoms with Crippen molar-refractivity contribution in [1.82, 2.24) is 19.2 Å². The summed E-state index contributed by atoms with van der Waals surface area (Å²) >= 11 is 0. The van der Waals surface area contributed by atoms with Crippen LogP contribution in [0.5, 0.6) is 0 Å². The van der Waals surface area contributed by atoms with Gasteiger partial charge >= 0.3 is 12.0 Å². The second kappa shape index (κ2) is 6.34. The van der Waals surface area contributed by atoms with Crippen molar-refractivity contribution >= 4 is 23.6 Å². The number of rotatable bonds is 4. The number of hydrogen-bond acceptors (Lipinski definition) is 6. The highest BCUT2D eigenvalue weighted by Crippen LogP contribution is 2.08. The molecule has 9 heteroatoms. The predicted molar refractivity (Wildman–Crippen MR) is 85.7 cm³/mol. The van der Waals surface area contributed by atoms with E-state index in [0.29, 0.717) is 11.3 Å². The van der Waals surface area contributed by atoms with Crippen molar-refractivity contribution in [3.05, 3.63) is 46.0 Å². The first-order valence-corrected chi connectivity index (χ1v) is 7.55. The van der Waals surface area contributed by atoms with Crippen LogP contribution in [0.15, 0.2) is 29.2 Å². The fourth-order valence-electron chi connectivity index (χ4n) is 2.49. The van der Waals surface area contributed by atoms with E-state index in [1.54, 1.807) is 12.3 Å². The van der Waals surface area contributed by atoms with Crippen LogP contribution in [0.2, 0.25) is 0 Å². The molecule has 2 aromatic rings. The Hall–Kier alpha value is -3.23. The number of nitrogens with zero attached hydrogens (tertiary/aromatic N) is 4. The zero-order valence-electron chi connectivity index (χ0n) is 13.8. The van der Waals surface area contributed by atoms with Crippen LogP contribution in [0.1, 0.15) is 11.3 Å². The van der Waals surface area contributed by atoms with Crippen molar-refractivity contribution in [2.75, 3.05) is 20.1 Å². The predicted octanol–water partition coefficient (Wildman–Crippen LogP) is -0.0599. The van der Waals surface area contributed by atoms with Gasteiger partial charge in [-0.2, -0.15) is 0 Å². The van der Waals surface area contributed by atoms with E-state index >= 15 is 0 Å². The van der Waals surface area contributed by atoms with Crippen LogP contribution in [0.4, 0.5) is 4.79 Å². The van der Waals surface area contributed by atoms with E-state index in [1.165, 1.54) is 22.4 Å². The maximum atomic E-state index is 12.1. The van der Waals surface area contributed by atoms with E-state index < -0.39 is 24.5 Å². The molecule has 3 heterocycles. The summed E-state index contributed by atoms with van der Waals surface area (Å²) < 4.78 is 6.44. The Morgan fingerprint density at radius 1 is 1.28 bits per heavy atom. The molecule has 25 heavy (non-hydrogen) atoms. The van der Waals surface area contributed by atoms with Crippen molar-refractivity contribution in [2.24, 2.45) is 0 Å². The van der Waals surface area contributed by atoms with E-state index in [1.807, 2.05) is 13.0 Å². The molecule has 1 fully saturated rings. The summed E-state index contributed by atoms with van der Waals surface area (Å²) in [4.78, 5) is 53.6. The van der Waals surface area contributed by atoms with Crippen molar-refractivity contribution in [3.63, 3.8) is 0 Å². The van der Waals surface area contributed by atoms with Gasteiger partial charge in [-0.3, -0.25) is 23.7 Å². The molecule has 0 radical (unpaired) electrons. The van der Waals surface area contributed by atoms with Gasteiger partial charge in [0.15, 0.2) is 0 Å². The fourth-order valence-corrected chi connectivity index (χ4v) is 2.49. The molecule has 3 rings (SSSR count). The molecule has 130 valence electrons. The fraction of sp³-hybridized carbons (Fsp3) is 0.312. The first-order valence-electron chi connectivity index (χ1n) is 7.55. The lowest BCUT2D eigenvalue weighted by Crippen LogP contribution is -2.36. The lowest BCUT2D eigenvalue weighted by molar-refractivity contribution is -0.148. The van der Waals surface area contributed by atoms with Gasteiger partial charge in [-0.15, -0.1) is 0 Å². The summed E-state index contributed by atoms with van der Waals surface area (Å²) in [5, 5.41) is 0.